The fraction of sp³-hybridized carbons (Fsp3) is 0.361. The third-order valence-electron chi connectivity index (χ3n) is 8.98. The van der Waals surface area contributed by atoms with Crippen molar-refractivity contribution in [2.24, 2.45) is 5.92 Å². The van der Waals surface area contributed by atoms with E-state index in [1.807, 2.05) is 24.3 Å². The summed E-state index contributed by atoms with van der Waals surface area (Å²) in [5.74, 6) is 1.36. The van der Waals surface area contributed by atoms with Crippen molar-refractivity contribution in [1.82, 2.24) is 15.6 Å². The van der Waals surface area contributed by atoms with Gasteiger partial charge in [-0.1, -0.05) is 81.0 Å². The molecule has 1 amide bonds. The largest absolute Gasteiger partial charge is 0.456 e. The number of aromatic nitrogens is 1. The molecule has 1 aliphatic heterocycles. The van der Waals surface area contributed by atoms with E-state index in [2.05, 4.69) is 15.6 Å². The van der Waals surface area contributed by atoms with Crippen LogP contribution < -0.4 is 15.4 Å². The highest BCUT2D eigenvalue weighted by atomic mass is 32.2. The zero-order valence-electron chi connectivity index (χ0n) is 25.1. The number of nitrogens with one attached hydrogen (secondary N) is 3. The molecule has 2 aliphatic rings. The normalized spacial score (nSPS) is 18.0. The smallest absolute Gasteiger partial charge is 0.267 e. The van der Waals surface area contributed by atoms with E-state index in [0.717, 1.165) is 18.5 Å². The van der Waals surface area contributed by atoms with Gasteiger partial charge in [0.25, 0.3) is 5.91 Å². The van der Waals surface area contributed by atoms with Crippen molar-refractivity contribution in [3.05, 3.63) is 107 Å². The highest BCUT2D eigenvalue weighted by Gasteiger charge is 2.28. The van der Waals surface area contributed by atoms with Gasteiger partial charge in [-0.25, -0.2) is 8.42 Å². The molecule has 1 aliphatic carbocycles. The number of rotatable bonds is 8. The molecule has 1 fully saturated rings. The SMILES string of the molecule is O=C(NCc1ccc(S(=O)(=O)c2ccccc2Oc2ccccc2)cc1)c1cc2c([nH]1)CC(C1CCCCCCCC1)NC2. The monoisotopic (exact) mass is 611 g/mol. The average Bonchev–Trinajstić information content (AvgIpc) is 3.53. The molecule has 0 saturated heterocycles. The van der Waals surface area contributed by atoms with Crippen molar-refractivity contribution in [3.63, 3.8) is 0 Å². The first-order chi connectivity index (χ1) is 21.5. The van der Waals surface area contributed by atoms with Gasteiger partial charge in [-0.2, -0.15) is 0 Å². The van der Waals surface area contributed by atoms with E-state index in [1.165, 1.54) is 62.6 Å². The molecule has 1 unspecified atom stereocenters. The molecule has 7 nitrogen and oxygen atoms in total. The van der Waals surface area contributed by atoms with Crippen LogP contribution in [0.1, 0.15) is 78.7 Å². The summed E-state index contributed by atoms with van der Waals surface area (Å²) in [6.45, 7) is 1.08. The molecule has 6 rings (SSSR count). The van der Waals surface area contributed by atoms with Crippen LogP contribution in [0.25, 0.3) is 0 Å². The zero-order valence-corrected chi connectivity index (χ0v) is 25.9. The number of hydrogen-bond donors (Lipinski definition) is 3. The average molecular weight is 612 g/mol. The Hall–Kier alpha value is -3.88. The Morgan fingerprint density at radius 3 is 2.27 bits per heavy atom. The summed E-state index contributed by atoms with van der Waals surface area (Å²) in [5, 5.41) is 6.75. The van der Waals surface area contributed by atoms with Gasteiger partial charge in [0.15, 0.2) is 0 Å². The lowest BCUT2D eigenvalue weighted by molar-refractivity contribution is 0.0946. The number of amides is 1. The first kappa shape index (κ1) is 30.2. The number of benzene rings is 3. The van der Waals surface area contributed by atoms with Gasteiger partial charge in [-0.05, 0) is 72.4 Å². The van der Waals surface area contributed by atoms with Gasteiger partial charge in [-0.3, -0.25) is 4.79 Å². The molecule has 1 aromatic heterocycles. The van der Waals surface area contributed by atoms with E-state index in [-0.39, 0.29) is 21.4 Å². The fourth-order valence-corrected chi connectivity index (χ4v) is 7.88. The molecule has 0 bridgehead atoms. The lowest BCUT2D eigenvalue weighted by Crippen LogP contribution is -2.41. The van der Waals surface area contributed by atoms with Crippen molar-refractivity contribution in [3.8, 4) is 11.5 Å². The number of carbonyl (C=O) groups is 1. The van der Waals surface area contributed by atoms with Gasteiger partial charge in [0.05, 0.1) is 4.90 Å². The quantitative estimate of drug-likeness (QED) is 0.194. The Kier molecular flexibility index (Phi) is 9.48. The zero-order chi connectivity index (χ0) is 30.4. The third kappa shape index (κ3) is 7.08. The Morgan fingerprint density at radius 1 is 0.841 bits per heavy atom. The molecule has 44 heavy (non-hydrogen) atoms. The Morgan fingerprint density at radius 2 is 1.52 bits per heavy atom. The van der Waals surface area contributed by atoms with Crippen LogP contribution >= 0.6 is 0 Å². The Bertz CT molecular complexity index is 1660. The Balaban J connectivity index is 1.07. The van der Waals surface area contributed by atoms with Crippen molar-refractivity contribution in [2.45, 2.75) is 86.7 Å². The first-order valence-electron chi connectivity index (χ1n) is 15.9. The van der Waals surface area contributed by atoms with Crippen molar-refractivity contribution in [1.29, 1.82) is 0 Å². The van der Waals surface area contributed by atoms with Crippen LogP contribution in [0.4, 0.5) is 0 Å². The van der Waals surface area contributed by atoms with E-state index in [1.54, 1.807) is 60.7 Å². The van der Waals surface area contributed by atoms with E-state index >= 15 is 0 Å². The number of fused-ring (bicyclic) bond motifs is 1. The second-order valence-corrected chi connectivity index (χ2v) is 13.9. The van der Waals surface area contributed by atoms with E-state index in [0.29, 0.717) is 29.9 Å². The van der Waals surface area contributed by atoms with Crippen LogP contribution in [-0.2, 0) is 29.3 Å². The molecular weight excluding hydrogens is 570 g/mol. The van der Waals surface area contributed by atoms with Gasteiger partial charge in [0.2, 0.25) is 9.84 Å². The van der Waals surface area contributed by atoms with Crippen LogP contribution in [-0.4, -0.2) is 25.4 Å². The van der Waals surface area contributed by atoms with Gasteiger partial charge in [-0.15, -0.1) is 0 Å². The maximum atomic E-state index is 13.5. The first-order valence-corrected chi connectivity index (χ1v) is 17.3. The standard InChI is InChI=1S/C36H41N3O4S/c40-36(33-22-28-25-37-31(23-32(28)39-33)27-12-6-3-1-2-4-7-13-27)38-24-26-18-20-30(21-19-26)44(41,42)35-17-11-10-16-34(35)43-29-14-8-5-9-15-29/h5,8-11,14-22,27,31,37,39H,1-4,6-7,12-13,23-25H2,(H,38,40). The molecule has 2 heterocycles. The number of carbonyl (C=O) groups excluding carboxylic acids is 1. The number of H-pyrrole nitrogens is 1. The minimum absolute atomic E-state index is 0.0994. The summed E-state index contributed by atoms with van der Waals surface area (Å²) in [6.07, 6.45) is 11.6. The van der Waals surface area contributed by atoms with Crippen molar-refractivity contribution >= 4 is 15.7 Å². The molecule has 230 valence electrons. The van der Waals surface area contributed by atoms with Gasteiger partial charge in [0.1, 0.15) is 22.1 Å². The minimum atomic E-state index is -3.82. The van der Waals surface area contributed by atoms with Crippen LogP contribution in [0.3, 0.4) is 0 Å². The summed E-state index contributed by atoms with van der Waals surface area (Å²) >= 11 is 0. The van der Waals surface area contributed by atoms with Gasteiger partial charge >= 0.3 is 0 Å². The van der Waals surface area contributed by atoms with Gasteiger partial charge in [0, 0.05) is 31.2 Å². The molecule has 0 spiro atoms. The topological polar surface area (TPSA) is 100 Å². The Labute approximate surface area is 260 Å². The summed E-state index contributed by atoms with van der Waals surface area (Å²) in [5.41, 5.74) is 3.72. The van der Waals surface area contributed by atoms with Crippen molar-refractivity contribution < 1.29 is 17.9 Å². The van der Waals surface area contributed by atoms with Crippen molar-refractivity contribution in [2.75, 3.05) is 0 Å². The second-order valence-electron chi connectivity index (χ2n) is 12.0. The molecule has 0 radical (unpaired) electrons. The second kappa shape index (κ2) is 13.8. The predicted octanol–water partition coefficient (Wildman–Crippen LogP) is 7.33. The summed E-state index contributed by atoms with van der Waals surface area (Å²) in [7, 11) is -3.82. The van der Waals surface area contributed by atoms with E-state index in [9.17, 15) is 13.2 Å². The van der Waals surface area contributed by atoms with E-state index in [4.69, 9.17) is 4.74 Å². The molecule has 1 atom stereocenters. The molecule has 8 heteroatoms. The van der Waals surface area contributed by atoms with E-state index < -0.39 is 9.84 Å². The lowest BCUT2D eigenvalue weighted by Gasteiger charge is -2.31. The number of aromatic amines is 1. The molecule has 3 aromatic carbocycles. The molecule has 4 aromatic rings. The third-order valence-corrected chi connectivity index (χ3v) is 10.8. The maximum Gasteiger partial charge on any atom is 0.267 e. The highest BCUT2D eigenvalue weighted by Crippen LogP contribution is 2.33. The van der Waals surface area contributed by atoms with Crippen LogP contribution in [0.2, 0.25) is 0 Å². The number of sulfone groups is 1. The molecule has 3 N–H and O–H groups in total. The summed E-state index contributed by atoms with van der Waals surface area (Å²) in [4.78, 5) is 16.7. The molecule has 1 saturated carbocycles. The fourth-order valence-electron chi connectivity index (χ4n) is 6.50. The maximum absolute atomic E-state index is 13.5. The van der Waals surface area contributed by atoms with Crippen LogP contribution in [0, 0.1) is 5.92 Å². The van der Waals surface area contributed by atoms with Crippen LogP contribution in [0.5, 0.6) is 11.5 Å². The van der Waals surface area contributed by atoms with Gasteiger partial charge < -0.3 is 20.4 Å². The summed E-state index contributed by atoms with van der Waals surface area (Å²) in [6, 6.07) is 24.8. The lowest BCUT2D eigenvalue weighted by atomic mass is 9.85. The molecular formula is C36H41N3O4S. The highest BCUT2D eigenvalue weighted by molar-refractivity contribution is 7.91. The van der Waals surface area contributed by atoms with Crippen LogP contribution in [0.15, 0.2) is 94.7 Å². The number of ether oxygens (including phenoxy) is 1. The number of para-hydroxylation sites is 2. The number of hydrogen-bond acceptors (Lipinski definition) is 5. The predicted molar refractivity (Wildman–Crippen MR) is 172 cm³/mol. The minimum Gasteiger partial charge on any atom is -0.456 e. The summed E-state index contributed by atoms with van der Waals surface area (Å²) < 4.78 is 32.9.